The van der Waals surface area contributed by atoms with Gasteiger partial charge < -0.3 is 5.11 Å². The van der Waals surface area contributed by atoms with Gasteiger partial charge in [-0.2, -0.15) is 5.10 Å². The molecule has 0 unspecified atom stereocenters. The molecule has 0 aliphatic carbocycles. The molecule has 2 rings (SSSR count). The van der Waals surface area contributed by atoms with E-state index in [0.717, 1.165) is 5.56 Å². The second kappa shape index (κ2) is 5.99. The van der Waals surface area contributed by atoms with Crippen LogP contribution < -0.4 is 0 Å². The first-order chi connectivity index (χ1) is 9.05. The molecule has 0 aliphatic rings. The maximum atomic E-state index is 11.9. The van der Waals surface area contributed by atoms with Crippen LogP contribution in [-0.4, -0.2) is 35.2 Å². The molecule has 0 fully saturated rings. The predicted octanol–water partition coefficient (Wildman–Crippen LogP) is 0.859. The van der Waals surface area contributed by atoms with Gasteiger partial charge in [-0.1, -0.05) is 30.3 Å². The largest absolute Gasteiger partial charge is 0.390 e. The van der Waals surface area contributed by atoms with E-state index in [0.29, 0.717) is 0 Å². The highest BCUT2D eigenvalue weighted by molar-refractivity contribution is 7.90. The summed E-state index contributed by atoms with van der Waals surface area (Å²) in [6.45, 7) is 0.182. The van der Waals surface area contributed by atoms with Gasteiger partial charge in [0.1, 0.15) is 0 Å². The van der Waals surface area contributed by atoms with Crippen molar-refractivity contribution in [1.29, 1.82) is 0 Å². The summed E-state index contributed by atoms with van der Waals surface area (Å²) in [7, 11) is -3.33. The zero-order valence-electron chi connectivity index (χ0n) is 10.4. The molecule has 0 saturated carbocycles. The first-order valence-corrected chi connectivity index (χ1v) is 7.77. The smallest absolute Gasteiger partial charge is 0.157 e. The average Bonchev–Trinajstić information content (AvgIpc) is 2.81. The highest BCUT2D eigenvalue weighted by Gasteiger charge is 2.18. The molecular weight excluding hydrogens is 264 g/mol. The summed E-state index contributed by atoms with van der Waals surface area (Å²) in [6, 6.07) is 10.7. The Labute approximate surface area is 112 Å². The number of aromatic nitrogens is 2. The lowest BCUT2D eigenvalue weighted by Gasteiger charge is -2.11. The van der Waals surface area contributed by atoms with Gasteiger partial charge in [-0.25, -0.2) is 8.42 Å². The van der Waals surface area contributed by atoms with Crippen LogP contribution in [0.25, 0.3) is 0 Å². The molecule has 2 aromatic rings. The SMILES string of the molecule is O=S(=O)(Cc1ccccc1)C[C@H](O)Cn1cccn1. The van der Waals surface area contributed by atoms with Crippen LogP contribution in [0.2, 0.25) is 0 Å². The molecule has 0 saturated heterocycles. The Morgan fingerprint density at radius 2 is 1.95 bits per heavy atom. The van der Waals surface area contributed by atoms with Crippen LogP contribution in [0, 0.1) is 0 Å². The van der Waals surface area contributed by atoms with Crippen molar-refractivity contribution in [2.75, 3.05) is 5.75 Å². The highest BCUT2D eigenvalue weighted by Crippen LogP contribution is 2.08. The third-order valence-electron chi connectivity index (χ3n) is 2.63. The maximum absolute atomic E-state index is 11.9. The summed E-state index contributed by atoms with van der Waals surface area (Å²) in [5.74, 6) is -0.314. The van der Waals surface area contributed by atoms with Gasteiger partial charge >= 0.3 is 0 Å². The summed E-state index contributed by atoms with van der Waals surface area (Å²) in [4.78, 5) is 0. The lowest BCUT2D eigenvalue weighted by atomic mass is 10.2. The molecule has 102 valence electrons. The Kier molecular flexibility index (Phi) is 4.34. The zero-order chi connectivity index (χ0) is 13.7. The fourth-order valence-corrected chi connectivity index (χ4v) is 3.37. The van der Waals surface area contributed by atoms with E-state index in [2.05, 4.69) is 5.10 Å². The molecule has 0 radical (unpaired) electrons. The summed E-state index contributed by atoms with van der Waals surface area (Å²) in [5, 5.41) is 13.7. The molecule has 1 N–H and O–H groups in total. The van der Waals surface area contributed by atoms with Crippen molar-refractivity contribution in [3.05, 3.63) is 54.4 Å². The van der Waals surface area contributed by atoms with Crippen molar-refractivity contribution in [2.45, 2.75) is 18.4 Å². The lowest BCUT2D eigenvalue weighted by Crippen LogP contribution is -2.26. The second-order valence-electron chi connectivity index (χ2n) is 4.42. The van der Waals surface area contributed by atoms with Gasteiger partial charge in [0.15, 0.2) is 9.84 Å². The highest BCUT2D eigenvalue weighted by atomic mass is 32.2. The number of sulfone groups is 1. The normalized spacial score (nSPS) is 13.3. The van der Waals surface area contributed by atoms with Gasteiger partial charge in [-0.3, -0.25) is 4.68 Å². The molecule has 6 heteroatoms. The van der Waals surface area contributed by atoms with Crippen LogP contribution in [-0.2, 0) is 22.1 Å². The fraction of sp³-hybridized carbons (Fsp3) is 0.308. The molecule has 1 heterocycles. The van der Waals surface area contributed by atoms with E-state index in [4.69, 9.17) is 0 Å². The molecule has 1 aromatic heterocycles. The summed E-state index contributed by atoms with van der Waals surface area (Å²) in [6.07, 6.45) is 2.33. The van der Waals surface area contributed by atoms with Gasteiger partial charge in [0.25, 0.3) is 0 Å². The van der Waals surface area contributed by atoms with Crippen molar-refractivity contribution in [3.8, 4) is 0 Å². The van der Waals surface area contributed by atoms with Crippen molar-refractivity contribution in [2.24, 2.45) is 0 Å². The van der Waals surface area contributed by atoms with Gasteiger partial charge in [0, 0.05) is 12.4 Å². The molecule has 5 nitrogen and oxygen atoms in total. The molecule has 19 heavy (non-hydrogen) atoms. The quantitative estimate of drug-likeness (QED) is 0.852. The first kappa shape index (κ1) is 13.8. The minimum atomic E-state index is -3.33. The number of benzene rings is 1. The number of hydrogen-bond donors (Lipinski definition) is 1. The van der Waals surface area contributed by atoms with Gasteiger partial charge in [0.2, 0.25) is 0 Å². The van der Waals surface area contributed by atoms with E-state index in [1.54, 1.807) is 42.7 Å². The van der Waals surface area contributed by atoms with Crippen molar-refractivity contribution >= 4 is 9.84 Å². The minimum Gasteiger partial charge on any atom is -0.390 e. The monoisotopic (exact) mass is 280 g/mol. The topological polar surface area (TPSA) is 72.2 Å². The average molecular weight is 280 g/mol. The molecule has 0 aliphatic heterocycles. The van der Waals surface area contributed by atoms with Gasteiger partial charge in [-0.15, -0.1) is 0 Å². The predicted molar refractivity (Wildman–Crippen MR) is 72.2 cm³/mol. The third kappa shape index (κ3) is 4.50. The number of aliphatic hydroxyl groups is 1. The molecule has 0 bridgehead atoms. The molecule has 0 spiro atoms. The number of rotatable bonds is 6. The third-order valence-corrected chi connectivity index (χ3v) is 4.30. The first-order valence-electron chi connectivity index (χ1n) is 5.95. The summed E-state index contributed by atoms with van der Waals surface area (Å²) >= 11 is 0. The van der Waals surface area contributed by atoms with E-state index >= 15 is 0 Å². The van der Waals surface area contributed by atoms with E-state index in [-0.39, 0.29) is 18.1 Å². The van der Waals surface area contributed by atoms with E-state index in [1.807, 2.05) is 6.07 Å². The Balaban J connectivity index is 1.93. The standard InChI is InChI=1S/C13H16N2O3S/c16-13(9-15-8-4-7-14-15)11-19(17,18)10-12-5-2-1-3-6-12/h1-8,13,16H,9-11H2/t13-/m1/s1. The van der Waals surface area contributed by atoms with Crippen LogP contribution in [0.3, 0.4) is 0 Å². The van der Waals surface area contributed by atoms with Crippen molar-refractivity contribution in [3.63, 3.8) is 0 Å². The summed E-state index contributed by atoms with van der Waals surface area (Å²) < 4.78 is 25.4. The van der Waals surface area contributed by atoms with E-state index in [9.17, 15) is 13.5 Å². The van der Waals surface area contributed by atoms with E-state index < -0.39 is 15.9 Å². The van der Waals surface area contributed by atoms with Crippen molar-refractivity contribution in [1.82, 2.24) is 9.78 Å². The Hall–Kier alpha value is -1.66. The molecule has 1 atom stereocenters. The molecule has 1 aromatic carbocycles. The number of hydrogen-bond acceptors (Lipinski definition) is 4. The number of nitrogens with zero attached hydrogens (tertiary/aromatic N) is 2. The maximum Gasteiger partial charge on any atom is 0.157 e. The minimum absolute atomic E-state index is 0.0516. The van der Waals surface area contributed by atoms with Gasteiger partial charge in [-0.05, 0) is 11.6 Å². The Bertz CT molecular complexity index is 594. The Morgan fingerprint density at radius 1 is 1.21 bits per heavy atom. The van der Waals surface area contributed by atoms with E-state index in [1.165, 1.54) is 4.68 Å². The van der Waals surface area contributed by atoms with Crippen molar-refractivity contribution < 1.29 is 13.5 Å². The lowest BCUT2D eigenvalue weighted by molar-refractivity contribution is 0.171. The van der Waals surface area contributed by atoms with Gasteiger partial charge in [0.05, 0.1) is 24.2 Å². The van der Waals surface area contributed by atoms with Crippen LogP contribution in [0.15, 0.2) is 48.8 Å². The zero-order valence-corrected chi connectivity index (χ0v) is 11.2. The Morgan fingerprint density at radius 3 is 2.58 bits per heavy atom. The fourth-order valence-electron chi connectivity index (χ4n) is 1.86. The summed E-state index contributed by atoms with van der Waals surface area (Å²) in [5.41, 5.74) is 0.730. The molecule has 0 amide bonds. The van der Waals surface area contributed by atoms with Crippen LogP contribution >= 0.6 is 0 Å². The van der Waals surface area contributed by atoms with Crippen LogP contribution in [0.1, 0.15) is 5.56 Å². The van der Waals surface area contributed by atoms with Crippen LogP contribution in [0.5, 0.6) is 0 Å². The second-order valence-corrected chi connectivity index (χ2v) is 6.53. The van der Waals surface area contributed by atoms with Crippen LogP contribution in [0.4, 0.5) is 0 Å². The number of aliphatic hydroxyl groups excluding tert-OH is 1. The molecular formula is C13H16N2O3S.